The van der Waals surface area contributed by atoms with Crippen molar-refractivity contribution in [1.82, 2.24) is 10.2 Å². The zero-order chi connectivity index (χ0) is 13.9. The van der Waals surface area contributed by atoms with Crippen molar-refractivity contribution in [1.29, 1.82) is 0 Å². The molecule has 1 aliphatic carbocycles. The predicted octanol–water partition coefficient (Wildman–Crippen LogP) is 2.75. The minimum absolute atomic E-state index is 0.593. The Morgan fingerprint density at radius 2 is 2.05 bits per heavy atom. The van der Waals surface area contributed by atoms with Crippen molar-refractivity contribution in [2.45, 2.75) is 32.2 Å². The average Bonchev–Trinajstić information content (AvgIpc) is 3.30. The van der Waals surface area contributed by atoms with Crippen LogP contribution in [0.3, 0.4) is 0 Å². The third-order valence-corrected chi connectivity index (χ3v) is 4.68. The summed E-state index contributed by atoms with van der Waals surface area (Å²) in [7, 11) is 1.74. The molecule has 3 nitrogen and oxygen atoms in total. The predicted molar refractivity (Wildman–Crippen MR) is 82.3 cm³/mol. The third kappa shape index (κ3) is 3.15. The lowest BCUT2D eigenvalue weighted by atomic mass is 9.94. The first-order valence-corrected chi connectivity index (χ1v) is 7.87. The molecule has 1 atom stereocenters. The van der Waals surface area contributed by atoms with Crippen LogP contribution in [0.25, 0.3) is 0 Å². The van der Waals surface area contributed by atoms with E-state index in [0.717, 1.165) is 24.8 Å². The van der Waals surface area contributed by atoms with Gasteiger partial charge in [0.25, 0.3) is 0 Å². The fraction of sp³-hybridized carbons (Fsp3) is 0.647. The van der Waals surface area contributed by atoms with Crippen molar-refractivity contribution in [3.05, 3.63) is 29.3 Å². The van der Waals surface area contributed by atoms with E-state index in [4.69, 9.17) is 4.74 Å². The van der Waals surface area contributed by atoms with Crippen LogP contribution in [0.15, 0.2) is 18.2 Å². The summed E-state index contributed by atoms with van der Waals surface area (Å²) in [6.07, 6.45) is 4.18. The highest BCUT2D eigenvalue weighted by molar-refractivity contribution is 5.37. The maximum atomic E-state index is 5.35. The Balaban J connectivity index is 1.83. The Morgan fingerprint density at radius 1 is 1.30 bits per heavy atom. The van der Waals surface area contributed by atoms with Crippen molar-refractivity contribution in [2.75, 3.05) is 33.3 Å². The fourth-order valence-electron chi connectivity index (χ4n) is 3.28. The Morgan fingerprint density at radius 3 is 2.65 bits per heavy atom. The third-order valence-electron chi connectivity index (χ3n) is 4.68. The molecule has 1 aromatic rings. The van der Waals surface area contributed by atoms with Gasteiger partial charge in [-0.15, -0.1) is 0 Å². The van der Waals surface area contributed by atoms with Gasteiger partial charge in [-0.2, -0.15) is 0 Å². The molecule has 2 aliphatic rings. The van der Waals surface area contributed by atoms with Gasteiger partial charge in [0, 0.05) is 32.2 Å². The Labute approximate surface area is 122 Å². The number of rotatable bonds is 5. The van der Waals surface area contributed by atoms with Gasteiger partial charge >= 0.3 is 0 Å². The number of aryl methyl sites for hydroxylation is 1. The molecule has 110 valence electrons. The second-order valence-corrected chi connectivity index (χ2v) is 6.20. The van der Waals surface area contributed by atoms with Gasteiger partial charge in [-0.25, -0.2) is 0 Å². The zero-order valence-electron chi connectivity index (χ0n) is 12.7. The summed E-state index contributed by atoms with van der Waals surface area (Å²) in [6.45, 7) is 6.80. The number of piperazine rings is 1. The van der Waals surface area contributed by atoms with Crippen LogP contribution in [0.2, 0.25) is 0 Å². The number of ether oxygens (including phenoxy) is 1. The van der Waals surface area contributed by atoms with Crippen molar-refractivity contribution < 1.29 is 4.74 Å². The lowest BCUT2D eigenvalue weighted by Crippen LogP contribution is -2.45. The van der Waals surface area contributed by atoms with Gasteiger partial charge in [-0.3, -0.25) is 4.90 Å². The number of hydrogen-bond donors (Lipinski definition) is 1. The van der Waals surface area contributed by atoms with Crippen LogP contribution in [-0.2, 0) is 0 Å². The topological polar surface area (TPSA) is 24.5 Å². The van der Waals surface area contributed by atoms with E-state index in [9.17, 15) is 0 Å². The zero-order valence-corrected chi connectivity index (χ0v) is 12.7. The largest absolute Gasteiger partial charge is 0.497 e. The molecule has 1 saturated carbocycles. The van der Waals surface area contributed by atoms with Crippen LogP contribution >= 0.6 is 0 Å². The van der Waals surface area contributed by atoms with E-state index >= 15 is 0 Å². The first-order chi connectivity index (χ1) is 9.78. The molecule has 1 aliphatic heterocycles. The van der Waals surface area contributed by atoms with Gasteiger partial charge in [-0.05, 0) is 42.5 Å². The highest BCUT2D eigenvalue weighted by Gasteiger charge is 2.31. The summed E-state index contributed by atoms with van der Waals surface area (Å²) >= 11 is 0. The highest BCUT2D eigenvalue weighted by Crippen LogP contribution is 2.41. The van der Waals surface area contributed by atoms with Crippen molar-refractivity contribution >= 4 is 0 Å². The SMILES string of the molecule is COc1ccc([C@H](CC2CC2)N2CCNCC2)c(C)c1. The van der Waals surface area contributed by atoms with Crippen LogP contribution in [0.5, 0.6) is 5.75 Å². The molecule has 2 fully saturated rings. The van der Waals surface area contributed by atoms with Gasteiger partial charge in [0.15, 0.2) is 0 Å². The molecule has 1 aromatic carbocycles. The molecule has 1 saturated heterocycles. The van der Waals surface area contributed by atoms with E-state index in [0.29, 0.717) is 6.04 Å². The molecule has 0 radical (unpaired) electrons. The fourth-order valence-corrected chi connectivity index (χ4v) is 3.28. The van der Waals surface area contributed by atoms with Crippen LogP contribution in [0, 0.1) is 12.8 Å². The Kier molecular flexibility index (Phi) is 4.27. The first-order valence-electron chi connectivity index (χ1n) is 7.87. The quantitative estimate of drug-likeness (QED) is 0.893. The summed E-state index contributed by atoms with van der Waals surface area (Å²) in [5.74, 6) is 1.92. The van der Waals surface area contributed by atoms with Crippen molar-refractivity contribution in [2.24, 2.45) is 5.92 Å². The standard InChI is InChI=1S/C17H26N2O/c1-13-11-15(20-2)5-6-16(13)17(12-14-3-4-14)19-9-7-18-8-10-19/h5-6,11,14,17-18H,3-4,7-10,12H2,1-2H3/t17-/m0/s1. The van der Waals surface area contributed by atoms with Crippen LogP contribution in [0.4, 0.5) is 0 Å². The molecule has 0 unspecified atom stereocenters. The first kappa shape index (κ1) is 13.9. The number of nitrogens with zero attached hydrogens (tertiary/aromatic N) is 1. The van der Waals surface area contributed by atoms with E-state index in [-0.39, 0.29) is 0 Å². The lowest BCUT2D eigenvalue weighted by Gasteiger charge is -2.36. The van der Waals surface area contributed by atoms with Gasteiger partial charge in [0.1, 0.15) is 5.75 Å². The highest BCUT2D eigenvalue weighted by atomic mass is 16.5. The number of benzene rings is 1. The molecule has 1 heterocycles. The number of nitrogens with one attached hydrogen (secondary N) is 1. The lowest BCUT2D eigenvalue weighted by molar-refractivity contribution is 0.160. The summed E-state index contributed by atoms with van der Waals surface area (Å²) in [5.41, 5.74) is 2.87. The molecule has 0 spiro atoms. The van der Waals surface area contributed by atoms with E-state index in [1.807, 2.05) is 0 Å². The number of methoxy groups -OCH3 is 1. The van der Waals surface area contributed by atoms with Gasteiger partial charge < -0.3 is 10.1 Å². The summed E-state index contributed by atoms with van der Waals surface area (Å²) in [5, 5.41) is 3.46. The van der Waals surface area contributed by atoms with Gasteiger partial charge in [0.2, 0.25) is 0 Å². The smallest absolute Gasteiger partial charge is 0.119 e. The molecular weight excluding hydrogens is 248 g/mol. The molecule has 0 amide bonds. The molecule has 0 bridgehead atoms. The van der Waals surface area contributed by atoms with Crippen LogP contribution in [-0.4, -0.2) is 38.2 Å². The Bertz CT molecular complexity index is 450. The minimum Gasteiger partial charge on any atom is -0.497 e. The van der Waals surface area contributed by atoms with Crippen molar-refractivity contribution in [3.8, 4) is 5.75 Å². The second-order valence-electron chi connectivity index (χ2n) is 6.20. The molecule has 20 heavy (non-hydrogen) atoms. The number of hydrogen-bond acceptors (Lipinski definition) is 3. The Hall–Kier alpha value is -1.06. The van der Waals surface area contributed by atoms with Crippen molar-refractivity contribution in [3.63, 3.8) is 0 Å². The van der Waals surface area contributed by atoms with Crippen LogP contribution < -0.4 is 10.1 Å². The van der Waals surface area contributed by atoms with E-state index in [1.165, 1.54) is 43.5 Å². The molecule has 0 aromatic heterocycles. The second kappa shape index (κ2) is 6.15. The van der Waals surface area contributed by atoms with Gasteiger partial charge in [0.05, 0.1) is 7.11 Å². The van der Waals surface area contributed by atoms with Crippen LogP contribution in [0.1, 0.15) is 36.4 Å². The monoisotopic (exact) mass is 274 g/mol. The maximum absolute atomic E-state index is 5.35. The molecule has 3 heteroatoms. The summed E-state index contributed by atoms with van der Waals surface area (Å²) in [6, 6.07) is 7.17. The van der Waals surface area contributed by atoms with E-state index in [2.05, 4.69) is 35.3 Å². The molecular formula is C17H26N2O. The summed E-state index contributed by atoms with van der Waals surface area (Å²) in [4.78, 5) is 2.67. The average molecular weight is 274 g/mol. The summed E-state index contributed by atoms with van der Waals surface area (Å²) < 4.78 is 5.35. The normalized spacial score (nSPS) is 21.7. The van der Waals surface area contributed by atoms with Gasteiger partial charge in [-0.1, -0.05) is 18.9 Å². The minimum atomic E-state index is 0.593. The molecule has 1 N–H and O–H groups in total. The van der Waals surface area contributed by atoms with E-state index < -0.39 is 0 Å². The maximum Gasteiger partial charge on any atom is 0.119 e. The van der Waals surface area contributed by atoms with E-state index in [1.54, 1.807) is 7.11 Å². The molecule has 3 rings (SSSR count).